The third kappa shape index (κ3) is 5.30. The van der Waals surface area contributed by atoms with E-state index in [4.69, 9.17) is 19.3 Å². The van der Waals surface area contributed by atoms with E-state index in [1.54, 1.807) is 36.4 Å². The van der Waals surface area contributed by atoms with Crippen molar-refractivity contribution in [1.82, 2.24) is 15.1 Å². The average molecular weight is 478 g/mol. The van der Waals surface area contributed by atoms with E-state index in [0.717, 1.165) is 16.1 Å². The number of thiophene rings is 1. The molecule has 1 unspecified atom stereocenters. The molecule has 0 saturated carbocycles. The van der Waals surface area contributed by atoms with Crippen LogP contribution in [0.2, 0.25) is 0 Å². The molecule has 4 aromatic rings. The fourth-order valence-corrected chi connectivity index (χ4v) is 4.24. The van der Waals surface area contributed by atoms with Crippen LogP contribution >= 0.6 is 11.3 Å². The first kappa shape index (κ1) is 23.5. The van der Waals surface area contributed by atoms with Crippen LogP contribution in [0.4, 0.5) is 0 Å². The third-order valence-electron chi connectivity index (χ3n) is 5.31. The summed E-state index contributed by atoms with van der Waals surface area (Å²) in [6.07, 6.45) is 1.78. The van der Waals surface area contributed by atoms with Crippen molar-refractivity contribution in [2.24, 2.45) is 0 Å². The van der Waals surface area contributed by atoms with E-state index in [9.17, 15) is 4.79 Å². The molecular weight excluding hydrogens is 450 g/mol. The van der Waals surface area contributed by atoms with Gasteiger partial charge < -0.3 is 19.5 Å². The van der Waals surface area contributed by atoms with E-state index < -0.39 is 0 Å². The maximum atomic E-state index is 13.4. The summed E-state index contributed by atoms with van der Waals surface area (Å²) in [6, 6.07) is 19.1. The molecule has 2 aromatic heterocycles. The minimum absolute atomic E-state index is 0.197. The Morgan fingerprint density at radius 3 is 2.59 bits per heavy atom. The summed E-state index contributed by atoms with van der Waals surface area (Å²) in [6.45, 7) is 2.85. The van der Waals surface area contributed by atoms with Crippen molar-refractivity contribution >= 4 is 17.2 Å². The van der Waals surface area contributed by atoms with E-state index in [1.807, 2.05) is 73.0 Å². The lowest BCUT2D eigenvalue weighted by atomic mass is 10.1. The Hall–Kier alpha value is -3.62. The predicted octanol–water partition coefficient (Wildman–Crippen LogP) is 5.13. The van der Waals surface area contributed by atoms with Gasteiger partial charge in [-0.1, -0.05) is 30.3 Å². The topological polar surface area (TPSA) is 74.6 Å². The number of benzene rings is 2. The quantitative estimate of drug-likeness (QED) is 0.321. The van der Waals surface area contributed by atoms with E-state index in [-0.39, 0.29) is 11.9 Å². The summed E-state index contributed by atoms with van der Waals surface area (Å²) in [4.78, 5) is 14.3. The molecule has 34 heavy (non-hydrogen) atoms. The molecule has 0 fully saturated rings. The van der Waals surface area contributed by atoms with Crippen molar-refractivity contribution < 1.29 is 19.0 Å². The Kier molecular flexibility index (Phi) is 7.61. The van der Waals surface area contributed by atoms with Crippen molar-refractivity contribution in [3.63, 3.8) is 0 Å². The van der Waals surface area contributed by atoms with E-state index in [0.29, 0.717) is 36.0 Å². The van der Waals surface area contributed by atoms with Crippen LogP contribution in [0.3, 0.4) is 0 Å². The van der Waals surface area contributed by atoms with Gasteiger partial charge in [-0.05, 0) is 48.2 Å². The van der Waals surface area contributed by atoms with Crippen LogP contribution < -0.4 is 14.8 Å². The summed E-state index contributed by atoms with van der Waals surface area (Å²) >= 11 is 1.55. The highest BCUT2D eigenvalue weighted by Gasteiger charge is 2.21. The van der Waals surface area contributed by atoms with E-state index >= 15 is 0 Å². The van der Waals surface area contributed by atoms with Crippen molar-refractivity contribution in [3.8, 4) is 27.8 Å². The Bertz CT molecular complexity index is 1220. The predicted molar refractivity (Wildman–Crippen MR) is 133 cm³/mol. The van der Waals surface area contributed by atoms with Gasteiger partial charge in [-0.2, -0.15) is 5.10 Å². The molecule has 0 aliphatic rings. The fourth-order valence-electron chi connectivity index (χ4n) is 3.51. The van der Waals surface area contributed by atoms with Crippen LogP contribution in [-0.2, 0) is 4.74 Å². The second kappa shape index (κ2) is 11.0. The normalized spacial score (nSPS) is 11.7. The molecule has 176 valence electrons. The van der Waals surface area contributed by atoms with Crippen LogP contribution in [-0.4, -0.2) is 43.1 Å². The highest BCUT2D eigenvalue weighted by atomic mass is 32.1. The average Bonchev–Trinajstić information content (AvgIpc) is 3.55. The van der Waals surface area contributed by atoms with E-state index in [2.05, 4.69) is 5.32 Å². The monoisotopic (exact) mass is 477 g/mol. The van der Waals surface area contributed by atoms with E-state index in [1.165, 1.54) is 0 Å². The number of amides is 1. The number of carbonyl (C=O) groups excluding carboxylic acids is 1. The lowest BCUT2D eigenvalue weighted by molar-refractivity contribution is 0.0940. The minimum atomic E-state index is -0.259. The lowest BCUT2D eigenvalue weighted by Gasteiger charge is -2.17. The standard InChI is InChI=1S/C26H27N3O4S/c1-18(19-11-12-22(23(16-19)32-3)33-14-13-31-2)27-26(30)21-17-29(20-8-5-4-6-9-20)28-25(21)24-10-7-15-34-24/h4-12,15-18H,13-14H2,1-3H3,(H,27,30). The highest BCUT2D eigenvalue weighted by Crippen LogP contribution is 2.31. The third-order valence-corrected chi connectivity index (χ3v) is 6.19. The maximum absolute atomic E-state index is 13.4. The first-order valence-corrected chi connectivity index (χ1v) is 11.8. The lowest BCUT2D eigenvalue weighted by Crippen LogP contribution is -2.26. The van der Waals surface area contributed by atoms with Gasteiger partial charge in [0.1, 0.15) is 12.3 Å². The maximum Gasteiger partial charge on any atom is 0.255 e. The number of rotatable bonds is 10. The molecule has 1 atom stereocenters. The molecule has 0 radical (unpaired) electrons. The molecular formula is C26H27N3O4S. The first-order chi connectivity index (χ1) is 16.6. The van der Waals surface area contributed by atoms with Crippen LogP contribution in [0.1, 0.15) is 28.9 Å². The SMILES string of the molecule is COCCOc1ccc(C(C)NC(=O)c2cn(-c3ccccc3)nc2-c2cccs2)cc1OC. The van der Waals surface area contributed by atoms with Crippen LogP contribution in [0.25, 0.3) is 16.3 Å². The van der Waals surface area contributed by atoms with Crippen molar-refractivity contribution in [1.29, 1.82) is 0 Å². The number of hydrogen-bond donors (Lipinski definition) is 1. The van der Waals surface area contributed by atoms with Crippen LogP contribution in [0.5, 0.6) is 11.5 Å². The summed E-state index contributed by atoms with van der Waals surface area (Å²) in [5, 5.41) is 9.79. The molecule has 0 bridgehead atoms. The molecule has 4 rings (SSSR count). The molecule has 0 aliphatic carbocycles. The van der Waals surface area contributed by atoms with Crippen molar-refractivity contribution in [2.75, 3.05) is 27.4 Å². The number of aromatic nitrogens is 2. The fraction of sp³-hybridized carbons (Fsp3) is 0.231. The zero-order chi connectivity index (χ0) is 23.9. The Balaban J connectivity index is 1.57. The molecule has 2 aromatic carbocycles. The number of carbonyl (C=O) groups is 1. The molecule has 0 saturated heterocycles. The number of para-hydroxylation sites is 1. The molecule has 1 N–H and O–H groups in total. The minimum Gasteiger partial charge on any atom is -0.493 e. The second-order valence-electron chi connectivity index (χ2n) is 7.60. The Labute approximate surface area is 202 Å². The number of ether oxygens (including phenoxy) is 3. The van der Waals surface area contributed by atoms with Gasteiger partial charge in [0.05, 0.1) is 35.9 Å². The largest absolute Gasteiger partial charge is 0.493 e. The van der Waals surface area contributed by atoms with Gasteiger partial charge in [-0.15, -0.1) is 11.3 Å². The first-order valence-electron chi connectivity index (χ1n) is 10.9. The molecule has 7 nitrogen and oxygen atoms in total. The highest BCUT2D eigenvalue weighted by molar-refractivity contribution is 7.13. The molecule has 2 heterocycles. The number of hydrogen-bond acceptors (Lipinski definition) is 6. The number of methoxy groups -OCH3 is 2. The van der Waals surface area contributed by atoms with Crippen LogP contribution in [0, 0.1) is 0 Å². The summed E-state index contributed by atoms with van der Waals surface area (Å²) < 4.78 is 18.0. The zero-order valence-corrected chi connectivity index (χ0v) is 20.2. The molecule has 0 aliphatic heterocycles. The van der Waals surface area contributed by atoms with Crippen molar-refractivity contribution in [2.45, 2.75) is 13.0 Å². The summed E-state index contributed by atoms with van der Waals surface area (Å²) in [5.74, 6) is 1.04. The van der Waals surface area contributed by atoms with Gasteiger partial charge in [0.25, 0.3) is 5.91 Å². The molecule has 1 amide bonds. The van der Waals surface area contributed by atoms with Gasteiger partial charge in [0.2, 0.25) is 0 Å². The van der Waals surface area contributed by atoms with Gasteiger partial charge in [-0.3, -0.25) is 4.79 Å². The summed E-state index contributed by atoms with van der Waals surface area (Å²) in [5.41, 5.74) is 2.96. The number of nitrogens with zero attached hydrogens (tertiary/aromatic N) is 2. The Morgan fingerprint density at radius 1 is 1.06 bits per heavy atom. The molecule has 8 heteroatoms. The van der Waals surface area contributed by atoms with Crippen molar-refractivity contribution in [3.05, 3.63) is 83.4 Å². The number of nitrogens with one attached hydrogen (secondary N) is 1. The summed E-state index contributed by atoms with van der Waals surface area (Å²) in [7, 11) is 3.22. The second-order valence-corrected chi connectivity index (χ2v) is 8.54. The van der Waals surface area contributed by atoms with Gasteiger partial charge in [0.15, 0.2) is 11.5 Å². The molecule has 0 spiro atoms. The Morgan fingerprint density at radius 2 is 1.88 bits per heavy atom. The van der Waals surface area contributed by atoms with Gasteiger partial charge in [-0.25, -0.2) is 4.68 Å². The zero-order valence-electron chi connectivity index (χ0n) is 19.4. The van der Waals surface area contributed by atoms with Crippen LogP contribution in [0.15, 0.2) is 72.2 Å². The smallest absolute Gasteiger partial charge is 0.255 e. The van der Waals surface area contributed by atoms with Gasteiger partial charge >= 0.3 is 0 Å². The van der Waals surface area contributed by atoms with Gasteiger partial charge in [0, 0.05) is 13.3 Å².